The first-order chi connectivity index (χ1) is 11.5. The molecular formula is C19H29NO4. The van der Waals surface area contributed by atoms with Crippen molar-refractivity contribution < 1.29 is 19.1 Å². The van der Waals surface area contributed by atoms with Gasteiger partial charge in [-0.2, -0.15) is 0 Å². The van der Waals surface area contributed by atoms with Crippen molar-refractivity contribution in [1.29, 1.82) is 0 Å². The molecule has 0 aromatic heterocycles. The van der Waals surface area contributed by atoms with Crippen LogP contribution in [-0.2, 0) is 14.3 Å². The zero-order valence-electron chi connectivity index (χ0n) is 15.3. The summed E-state index contributed by atoms with van der Waals surface area (Å²) in [7, 11) is 1.36. The average Bonchev–Trinajstić information content (AvgIpc) is 2.58. The first kappa shape index (κ1) is 20.0. The molecule has 5 nitrogen and oxygen atoms in total. The van der Waals surface area contributed by atoms with Crippen molar-refractivity contribution in [2.45, 2.75) is 46.5 Å². The number of nitrogens with zero attached hydrogens (tertiary/aromatic N) is 1. The van der Waals surface area contributed by atoms with E-state index in [1.807, 2.05) is 32.0 Å². The van der Waals surface area contributed by atoms with Crippen LogP contribution in [0.4, 0.5) is 0 Å². The van der Waals surface area contributed by atoms with Crippen LogP contribution in [0.5, 0.6) is 5.75 Å². The number of carbonyl (C=O) groups is 2. The number of aryl methyl sites for hydroxylation is 2. The molecule has 0 aliphatic heterocycles. The van der Waals surface area contributed by atoms with Crippen LogP contribution in [0.1, 0.15) is 43.7 Å². The van der Waals surface area contributed by atoms with Crippen LogP contribution in [0.2, 0.25) is 0 Å². The predicted octanol–water partition coefficient (Wildman–Crippen LogP) is 3.26. The molecule has 0 aliphatic rings. The molecule has 0 fully saturated rings. The molecule has 0 spiro atoms. The summed E-state index contributed by atoms with van der Waals surface area (Å²) < 4.78 is 10.3. The predicted molar refractivity (Wildman–Crippen MR) is 94.1 cm³/mol. The Balaban J connectivity index is 2.61. The van der Waals surface area contributed by atoms with Gasteiger partial charge < -0.3 is 14.4 Å². The van der Waals surface area contributed by atoms with Crippen molar-refractivity contribution in [1.82, 2.24) is 4.90 Å². The fourth-order valence-corrected chi connectivity index (χ4v) is 2.34. The second-order valence-electron chi connectivity index (χ2n) is 5.97. The van der Waals surface area contributed by atoms with Gasteiger partial charge in [0.15, 0.2) is 6.61 Å². The minimum Gasteiger partial charge on any atom is -0.483 e. The molecule has 24 heavy (non-hydrogen) atoms. The fraction of sp³-hybridized carbons (Fsp3) is 0.579. The standard InChI is InChI=1S/C19H29NO4/c1-5-6-7-11-20(12-10-19(22)23-4)18(21)14-24-17-13-15(2)8-9-16(17)3/h8-9,13H,5-7,10-12,14H2,1-4H3. The van der Waals surface area contributed by atoms with Crippen molar-refractivity contribution in [2.75, 3.05) is 26.8 Å². The molecular weight excluding hydrogens is 306 g/mol. The maximum Gasteiger partial charge on any atom is 0.307 e. The van der Waals surface area contributed by atoms with Crippen molar-refractivity contribution in [2.24, 2.45) is 0 Å². The van der Waals surface area contributed by atoms with E-state index in [0.717, 1.165) is 36.1 Å². The van der Waals surface area contributed by atoms with Gasteiger partial charge in [-0.3, -0.25) is 9.59 Å². The highest BCUT2D eigenvalue weighted by atomic mass is 16.5. The highest BCUT2D eigenvalue weighted by Gasteiger charge is 2.16. The lowest BCUT2D eigenvalue weighted by Crippen LogP contribution is -2.37. The number of hydrogen-bond acceptors (Lipinski definition) is 4. The smallest absolute Gasteiger partial charge is 0.307 e. The van der Waals surface area contributed by atoms with E-state index < -0.39 is 0 Å². The monoisotopic (exact) mass is 335 g/mol. The van der Waals surface area contributed by atoms with Crippen LogP contribution >= 0.6 is 0 Å². The van der Waals surface area contributed by atoms with Crippen LogP contribution in [-0.4, -0.2) is 43.6 Å². The molecule has 5 heteroatoms. The lowest BCUT2D eigenvalue weighted by Gasteiger charge is -2.22. The highest BCUT2D eigenvalue weighted by Crippen LogP contribution is 2.19. The van der Waals surface area contributed by atoms with Crippen LogP contribution in [0.15, 0.2) is 18.2 Å². The molecule has 1 aromatic rings. The third-order valence-corrected chi connectivity index (χ3v) is 3.89. The number of benzene rings is 1. The largest absolute Gasteiger partial charge is 0.483 e. The van der Waals surface area contributed by atoms with Gasteiger partial charge >= 0.3 is 5.97 Å². The maximum atomic E-state index is 12.5. The number of esters is 1. The molecule has 0 unspecified atom stereocenters. The molecule has 0 bridgehead atoms. The lowest BCUT2D eigenvalue weighted by atomic mass is 10.1. The molecule has 1 rings (SSSR count). The molecule has 134 valence electrons. The van der Waals surface area contributed by atoms with Gasteiger partial charge in [0.25, 0.3) is 5.91 Å². The van der Waals surface area contributed by atoms with E-state index in [1.165, 1.54) is 7.11 Å². The molecule has 0 N–H and O–H groups in total. The highest BCUT2D eigenvalue weighted by molar-refractivity contribution is 5.78. The Morgan fingerprint density at radius 2 is 1.88 bits per heavy atom. The third kappa shape index (κ3) is 7.02. The van der Waals surface area contributed by atoms with Crippen molar-refractivity contribution in [3.05, 3.63) is 29.3 Å². The Bertz CT molecular complexity index is 542. The first-order valence-corrected chi connectivity index (χ1v) is 8.52. The van der Waals surface area contributed by atoms with Crippen LogP contribution < -0.4 is 4.74 Å². The van der Waals surface area contributed by atoms with Crippen LogP contribution in [0.25, 0.3) is 0 Å². The van der Waals surface area contributed by atoms with Gasteiger partial charge in [-0.1, -0.05) is 31.9 Å². The second kappa shape index (κ2) is 10.7. The third-order valence-electron chi connectivity index (χ3n) is 3.89. The van der Waals surface area contributed by atoms with E-state index in [4.69, 9.17) is 4.74 Å². The number of unbranched alkanes of at least 4 members (excludes halogenated alkanes) is 2. The lowest BCUT2D eigenvalue weighted by molar-refractivity contribution is -0.142. The molecule has 1 amide bonds. The van der Waals surface area contributed by atoms with E-state index in [1.54, 1.807) is 4.90 Å². The van der Waals surface area contributed by atoms with Crippen LogP contribution in [0, 0.1) is 13.8 Å². The minimum absolute atomic E-state index is 0.0163. The summed E-state index contributed by atoms with van der Waals surface area (Å²) in [6, 6.07) is 5.92. The summed E-state index contributed by atoms with van der Waals surface area (Å²) >= 11 is 0. The SMILES string of the molecule is CCCCCN(CCC(=O)OC)C(=O)COc1cc(C)ccc1C. The summed E-state index contributed by atoms with van der Waals surface area (Å²) in [6.07, 6.45) is 3.27. The van der Waals surface area contributed by atoms with E-state index in [-0.39, 0.29) is 24.9 Å². The molecule has 0 heterocycles. The normalized spacial score (nSPS) is 10.3. The second-order valence-corrected chi connectivity index (χ2v) is 5.97. The zero-order chi connectivity index (χ0) is 17.9. The van der Waals surface area contributed by atoms with E-state index in [2.05, 4.69) is 11.7 Å². The number of rotatable bonds is 10. The Kier molecular flexibility index (Phi) is 8.90. The zero-order valence-corrected chi connectivity index (χ0v) is 15.3. The van der Waals surface area contributed by atoms with E-state index >= 15 is 0 Å². The number of hydrogen-bond donors (Lipinski definition) is 0. The van der Waals surface area contributed by atoms with Gasteiger partial charge in [0.05, 0.1) is 13.5 Å². The number of methoxy groups -OCH3 is 1. The van der Waals surface area contributed by atoms with Gasteiger partial charge in [0.2, 0.25) is 0 Å². The topological polar surface area (TPSA) is 55.8 Å². The average molecular weight is 335 g/mol. The maximum absolute atomic E-state index is 12.5. The summed E-state index contributed by atoms with van der Waals surface area (Å²) in [5.41, 5.74) is 2.09. The summed E-state index contributed by atoms with van der Waals surface area (Å²) in [5.74, 6) is 0.319. The van der Waals surface area contributed by atoms with Gasteiger partial charge in [-0.15, -0.1) is 0 Å². The molecule has 1 aromatic carbocycles. The van der Waals surface area contributed by atoms with Crippen molar-refractivity contribution >= 4 is 11.9 Å². The van der Waals surface area contributed by atoms with Crippen LogP contribution in [0.3, 0.4) is 0 Å². The van der Waals surface area contributed by atoms with Crippen molar-refractivity contribution in [3.8, 4) is 5.75 Å². The first-order valence-electron chi connectivity index (χ1n) is 8.52. The minimum atomic E-state index is -0.307. The number of amides is 1. The molecule has 0 atom stereocenters. The van der Waals surface area contributed by atoms with E-state index in [9.17, 15) is 9.59 Å². The Labute approximate surface area is 144 Å². The van der Waals surface area contributed by atoms with E-state index in [0.29, 0.717) is 13.1 Å². The summed E-state index contributed by atoms with van der Waals surface area (Å²) in [5, 5.41) is 0. The number of carbonyl (C=O) groups excluding carboxylic acids is 2. The van der Waals surface area contributed by atoms with Gasteiger partial charge in [0, 0.05) is 13.1 Å². The quantitative estimate of drug-likeness (QED) is 0.486. The van der Waals surface area contributed by atoms with Gasteiger partial charge in [-0.05, 0) is 37.5 Å². The van der Waals surface area contributed by atoms with Crippen molar-refractivity contribution in [3.63, 3.8) is 0 Å². The summed E-state index contributed by atoms with van der Waals surface area (Å²) in [6.45, 7) is 7.05. The van der Waals surface area contributed by atoms with Gasteiger partial charge in [0.1, 0.15) is 5.75 Å². The molecule has 0 radical (unpaired) electrons. The number of ether oxygens (including phenoxy) is 2. The van der Waals surface area contributed by atoms with Gasteiger partial charge in [-0.25, -0.2) is 0 Å². The fourth-order valence-electron chi connectivity index (χ4n) is 2.34. The molecule has 0 saturated carbocycles. The Morgan fingerprint density at radius 1 is 1.12 bits per heavy atom. The molecule has 0 saturated heterocycles. The Morgan fingerprint density at radius 3 is 2.54 bits per heavy atom. The molecule has 0 aliphatic carbocycles. The Hall–Kier alpha value is -2.04. The summed E-state index contributed by atoms with van der Waals surface area (Å²) in [4.78, 5) is 25.5.